The van der Waals surface area contributed by atoms with E-state index in [1.165, 1.54) is 0 Å². The number of hydrogen-bond donors (Lipinski definition) is 1. The first-order valence-electron chi connectivity index (χ1n) is 10.4. The third-order valence-electron chi connectivity index (χ3n) is 5.48. The zero-order chi connectivity index (χ0) is 20.8. The zero-order valence-corrected chi connectivity index (χ0v) is 17.6. The van der Waals surface area contributed by atoms with Gasteiger partial charge in [0.2, 0.25) is 5.91 Å². The van der Waals surface area contributed by atoms with E-state index in [-0.39, 0.29) is 24.5 Å². The highest BCUT2D eigenvalue weighted by atomic mass is 16.5. The third-order valence-corrected chi connectivity index (χ3v) is 5.48. The number of benzene rings is 2. The first kappa shape index (κ1) is 21.2. The number of methoxy groups -OCH3 is 1. The molecule has 0 radical (unpaired) electrons. The van der Waals surface area contributed by atoms with Gasteiger partial charge in [-0.3, -0.25) is 4.79 Å². The normalized spacial score (nSPS) is 17.4. The van der Waals surface area contributed by atoms with Crippen molar-refractivity contribution in [2.75, 3.05) is 18.6 Å². The molecule has 1 fully saturated rings. The molecular formula is C24H31NO4. The van der Waals surface area contributed by atoms with Gasteiger partial charge in [0.05, 0.1) is 19.8 Å². The first-order valence-corrected chi connectivity index (χ1v) is 10.4. The van der Waals surface area contributed by atoms with Crippen LogP contribution < -0.4 is 14.4 Å². The summed E-state index contributed by atoms with van der Waals surface area (Å²) in [5.74, 6) is 1.65. The number of aliphatic hydroxyl groups is 1. The van der Waals surface area contributed by atoms with Crippen molar-refractivity contribution in [3.05, 3.63) is 53.6 Å². The van der Waals surface area contributed by atoms with E-state index in [4.69, 9.17) is 9.47 Å². The lowest BCUT2D eigenvalue weighted by molar-refractivity contribution is -0.117. The molecule has 5 nitrogen and oxygen atoms in total. The lowest BCUT2D eigenvalue weighted by Gasteiger charge is -2.20. The molecule has 3 rings (SSSR count). The average molecular weight is 398 g/mol. The minimum atomic E-state index is -0.0330. The van der Waals surface area contributed by atoms with E-state index in [0.29, 0.717) is 18.7 Å². The van der Waals surface area contributed by atoms with Crippen LogP contribution in [-0.2, 0) is 11.4 Å². The van der Waals surface area contributed by atoms with Gasteiger partial charge in [0.1, 0.15) is 0 Å². The largest absolute Gasteiger partial charge is 0.493 e. The maximum atomic E-state index is 12.7. The molecule has 5 heteroatoms. The number of amides is 1. The fourth-order valence-corrected chi connectivity index (χ4v) is 3.81. The van der Waals surface area contributed by atoms with E-state index in [0.717, 1.165) is 41.8 Å². The van der Waals surface area contributed by atoms with Crippen molar-refractivity contribution in [3.63, 3.8) is 0 Å². The van der Waals surface area contributed by atoms with E-state index in [1.807, 2.05) is 42.5 Å². The SMILES string of the molecule is CCCCC(C)Oc1cc(C2CC(=O)N(c3cccc(CO)c3)C2)ccc1OC. The Balaban J connectivity index is 1.78. The summed E-state index contributed by atoms with van der Waals surface area (Å²) in [6.07, 6.45) is 3.84. The van der Waals surface area contributed by atoms with Crippen LogP contribution in [0.2, 0.25) is 0 Å². The summed E-state index contributed by atoms with van der Waals surface area (Å²) in [4.78, 5) is 14.5. The fraction of sp³-hybridized carbons (Fsp3) is 0.458. The highest BCUT2D eigenvalue weighted by Crippen LogP contribution is 2.37. The number of carbonyl (C=O) groups is 1. The summed E-state index contributed by atoms with van der Waals surface area (Å²) in [7, 11) is 1.65. The number of rotatable bonds is 9. The van der Waals surface area contributed by atoms with E-state index in [9.17, 15) is 9.90 Å². The molecule has 1 aliphatic rings. The lowest BCUT2D eigenvalue weighted by Crippen LogP contribution is -2.24. The Morgan fingerprint density at radius 1 is 1.21 bits per heavy atom. The summed E-state index contributed by atoms with van der Waals surface area (Å²) >= 11 is 0. The lowest BCUT2D eigenvalue weighted by atomic mass is 9.98. The number of aliphatic hydroxyl groups excluding tert-OH is 1. The molecule has 2 aromatic rings. The Bertz CT molecular complexity index is 835. The molecule has 29 heavy (non-hydrogen) atoms. The van der Waals surface area contributed by atoms with Crippen molar-refractivity contribution in [1.82, 2.24) is 0 Å². The summed E-state index contributed by atoms with van der Waals surface area (Å²) < 4.78 is 11.6. The van der Waals surface area contributed by atoms with Gasteiger partial charge in [-0.15, -0.1) is 0 Å². The second-order valence-corrected chi connectivity index (χ2v) is 7.71. The van der Waals surface area contributed by atoms with Crippen molar-refractivity contribution in [1.29, 1.82) is 0 Å². The molecule has 2 aromatic carbocycles. The zero-order valence-electron chi connectivity index (χ0n) is 17.6. The number of nitrogens with zero attached hydrogens (tertiary/aromatic N) is 1. The van der Waals surface area contributed by atoms with Crippen LogP contribution in [0.25, 0.3) is 0 Å². The minimum absolute atomic E-state index is 0.0330. The van der Waals surface area contributed by atoms with Gasteiger partial charge in [-0.25, -0.2) is 0 Å². The highest BCUT2D eigenvalue weighted by molar-refractivity contribution is 5.96. The predicted octanol–water partition coefficient (Wildman–Crippen LogP) is 4.67. The molecule has 0 aromatic heterocycles. The Morgan fingerprint density at radius 3 is 2.76 bits per heavy atom. The quantitative estimate of drug-likeness (QED) is 0.668. The molecule has 0 bridgehead atoms. The van der Waals surface area contributed by atoms with Crippen LogP contribution in [0.1, 0.15) is 56.6 Å². The number of ether oxygens (including phenoxy) is 2. The van der Waals surface area contributed by atoms with Crippen molar-refractivity contribution < 1.29 is 19.4 Å². The Morgan fingerprint density at radius 2 is 2.03 bits per heavy atom. The molecule has 1 heterocycles. The van der Waals surface area contributed by atoms with Gasteiger partial charge in [-0.05, 0) is 48.7 Å². The van der Waals surface area contributed by atoms with E-state index < -0.39 is 0 Å². The van der Waals surface area contributed by atoms with Crippen molar-refractivity contribution >= 4 is 11.6 Å². The van der Waals surface area contributed by atoms with Crippen molar-refractivity contribution in [2.45, 2.75) is 58.2 Å². The molecule has 0 saturated carbocycles. The molecule has 1 saturated heterocycles. The van der Waals surface area contributed by atoms with Crippen LogP contribution in [0.5, 0.6) is 11.5 Å². The summed E-state index contributed by atoms with van der Waals surface area (Å²) in [5, 5.41) is 9.38. The van der Waals surface area contributed by atoms with E-state index in [2.05, 4.69) is 13.8 Å². The number of carbonyl (C=O) groups excluding carboxylic acids is 1. The van der Waals surface area contributed by atoms with Crippen LogP contribution in [0.15, 0.2) is 42.5 Å². The molecule has 156 valence electrons. The van der Waals surface area contributed by atoms with Crippen LogP contribution in [0.4, 0.5) is 5.69 Å². The average Bonchev–Trinajstić information content (AvgIpc) is 3.14. The van der Waals surface area contributed by atoms with Crippen molar-refractivity contribution in [3.8, 4) is 11.5 Å². The van der Waals surface area contributed by atoms with Gasteiger partial charge in [0.15, 0.2) is 11.5 Å². The van der Waals surface area contributed by atoms with E-state index >= 15 is 0 Å². The van der Waals surface area contributed by atoms with Crippen LogP contribution in [-0.4, -0.2) is 30.8 Å². The smallest absolute Gasteiger partial charge is 0.227 e. The Labute approximate surface area is 173 Å². The Kier molecular flexibility index (Phi) is 7.15. The molecule has 0 aliphatic carbocycles. The monoisotopic (exact) mass is 397 g/mol. The highest BCUT2D eigenvalue weighted by Gasteiger charge is 2.32. The second kappa shape index (κ2) is 9.79. The summed E-state index contributed by atoms with van der Waals surface area (Å²) in [5.41, 5.74) is 2.72. The topological polar surface area (TPSA) is 59.0 Å². The van der Waals surface area contributed by atoms with Crippen molar-refractivity contribution in [2.24, 2.45) is 0 Å². The van der Waals surface area contributed by atoms with Gasteiger partial charge < -0.3 is 19.5 Å². The molecule has 2 atom stereocenters. The van der Waals surface area contributed by atoms with Crippen LogP contribution in [0, 0.1) is 0 Å². The third kappa shape index (κ3) is 5.10. The molecular weight excluding hydrogens is 366 g/mol. The first-order chi connectivity index (χ1) is 14.0. The van der Waals surface area contributed by atoms with Crippen LogP contribution in [0.3, 0.4) is 0 Å². The van der Waals surface area contributed by atoms with Gasteiger partial charge in [-0.1, -0.05) is 38.0 Å². The summed E-state index contributed by atoms with van der Waals surface area (Å²) in [6, 6.07) is 13.5. The van der Waals surface area contributed by atoms with E-state index in [1.54, 1.807) is 12.0 Å². The molecule has 2 unspecified atom stereocenters. The number of hydrogen-bond acceptors (Lipinski definition) is 4. The summed E-state index contributed by atoms with van der Waals surface area (Å²) in [6.45, 7) is 4.84. The standard InChI is InChI=1S/C24H31NO4/c1-4-5-7-17(2)29-23-13-19(10-11-22(23)28-3)20-14-24(27)25(15-20)21-9-6-8-18(12-21)16-26/h6,8-13,17,20,26H,4-5,7,14-16H2,1-3H3. The molecule has 1 aliphatic heterocycles. The molecule has 0 spiro atoms. The maximum Gasteiger partial charge on any atom is 0.227 e. The van der Waals surface area contributed by atoms with Gasteiger partial charge in [-0.2, -0.15) is 0 Å². The van der Waals surface area contributed by atoms with Gasteiger partial charge >= 0.3 is 0 Å². The fourth-order valence-electron chi connectivity index (χ4n) is 3.81. The molecule has 1 amide bonds. The van der Waals surface area contributed by atoms with Gasteiger partial charge in [0, 0.05) is 24.6 Å². The maximum absolute atomic E-state index is 12.7. The second-order valence-electron chi connectivity index (χ2n) is 7.71. The van der Waals surface area contributed by atoms with Gasteiger partial charge in [0.25, 0.3) is 0 Å². The minimum Gasteiger partial charge on any atom is -0.493 e. The number of unbranched alkanes of at least 4 members (excludes halogenated alkanes) is 1. The molecule has 1 N–H and O–H groups in total. The predicted molar refractivity (Wildman–Crippen MR) is 115 cm³/mol. The van der Waals surface area contributed by atoms with Crippen LogP contribution >= 0.6 is 0 Å². The number of anilines is 1. The Hall–Kier alpha value is -2.53.